The molecule has 112 valence electrons. The van der Waals surface area contributed by atoms with Crippen LogP contribution in [0.25, 0.3) is 11.0 Å². The van der Waals surface area contributed by atoms with Crippen molar-refractivity contribution in [3.63, 3.8) is 0 Å². The Balaban J connectivity index is 1.74. The Morgan fingerprint density at radius 1 is 1.14 bits per heavy atom. The van der Waals surface area contributed by atoms with Crippen LogP contribution < -0.4 is 5.32 Å². The summed E-state index contributed by atoms with van der Waals surface area (Å²) in [5.74, 6) is 0.869. The molecule has 0 radical (unpaired) electrons. The molecule has 0 saturated carbocycles. The Bertz CT molecular complexity index is 792. The van der Waals surface area contributed by atoms with Gasteiger partial charge in [0, 0.05) is 7.05 Å². The molecule has 2 aromatic carbocycles. The third-order valence-corrected chi connectivity index (χ3v) is 3.79. The van der Waals surface area contributed by atoms with E-state index in [2.05, 4.69) is 10.3 Å². The van der Waals surface area contributed by atoms with Crippen molar-refractivity contribution in [2.24, 2.45) is 7.05 Å². The third kappa shape index (κ3) is 2.86. The van der Waals surface area contributed by atoms with Gasteiger partial charge in [0.1, 0.15) is 5.82 Å². The maximum absolute atomic E-state index is 12.2. The number of carbonyl (C=O) groups excluding carboxylic acids is 1. The SMILES string of the molecule is CC(NC(=O)Cc1ccccc1)c1nc2ccccc2n1C. The molecule has 0 saturated heterocycles. The number of para-hydroxylation sites is 2. The van der Waals surface area contributed by atoms with Gasteiger partial charge in [-0.25, -0.2) is 4.98 Å². The van der Waals surface area contributed by atoms with Crippen LogP contribution in [0.15, 0.2) is 54.6 Å². The lowest BCUT2D eigenvalue weighted by atomic mass is 10.1. The highest BCUT2D eigenvalue weighted by atomic mass is 16.1. The first-order valence-electron chi connectivity index (χ1n) is 7.40. The second kappa shape index (κ2) is 6.02. The average molecular weight is 293 g/mol. The molecule has 0 bridgehead atoms. The second-order valence-electron chi connectivity index (χ2n) is 5.47. The van der Waals surface area contributed by atoms with Crippen molar-refractivity contribution in [3.8, 4) is 0 Å². The molecule has 0 aliphatic heterocycles. The van der Waals surface area contributed by atoms with E-state index >= 15 is 0 Å². The Kier molecular flexibility index (Phi) is 3.92. The number of aromatic nitrogens is 2. The fourth-order valence-electron chi connectivity index (χ4n) is 2.69. The third-order valence-electron chi connectivity index (χ3n) is 3.79. The summed E-state index contributed by atoms with van der Waals surface area (Å²) in [6.45, 7) is 1.96. The zero-order valence-electron chi connectivity index (χ0n) is 12.8. The summed E-state index contributed by atoms with van der Waals surface area (Å²) >= 11 is 0. The molecule has 0 aliphatic carbocycles. The molecule has 3 rings (SSSR count). The van der Waals surface area contributed by atoms with Crippen molar-refractivity contribution in [2.45, 2.75) is 19.4 Å². The number of nitrogens with one attached hydrogen (secondary N) is 1. The molecule has 0 spiro atoms. The van der Waals surface area contributed by atoms with E-state index in [4.69, 9.17) is 0 Å². The van der Waals surface area contributed by atoms with Crippen molar-refractivity contribution in [1.29, 1.82) is 0 Å². The van der Waals surface area contributed by atoms with E-state index in [1.165, 1.54) is 0 Å². The number of amides is 1. The van der Waals surface area contributed by atoms with E-state index in [1.54, 1.807) is 0 Å². The van der Waals surface area contributed by atoms with Crippen LogP contribution in [0, 0.1) is 0 Å². The summed E-state index contributed by atoms with van der Waals surface area (Å²) < 4.78 is 2.03. The van der Waals surface area contributed by atoms with Gasteiger partial charge in [0.15, 0.2) is 0 Å². The predicted octanol–water partition coefficient (Wildman–Crippen LogP) is 2.99. The number of aryl methyl sites for hydroxylation is 1. The van der Waals surface area contributed by atoms with Gasteiger partial charge in [-0.15, -0.1) is 0 Å². The molecule has 0 fully saturated rings. The highest BCUT2D eigenvalue weighted by molar-refractivity contribution is 5.79. The lowest BCUT2D eigenvalue weighted by Crippen LogP contribution is -2.29. The zero-order chi connectivity index (χ0) is 15.5. The molecule has 22 heavy (non-hydrogen) atoms. The van der Waals surface area contributed by atoms with Gasteiger partial charge >= 0.3 is 0 Å². The van der Waals surface area contributed by atoms with Gasteiger partial charge in [0.05, 0.1) is 23.5 Å². The topological polar surface area (TPSA) is 46.9 Å². The predicted molar refractivity (Wildman–Crippen MR) is 87.4 cm³/mol. The van der Waals surface area contributed by atoms with E-state index in [0.29, 0.717) is 6.42 Å². The number of hydrogen-bond donors (Lipinski definition) is 1. The van der Waals surface area contributed by atoms with E-state index < -0.39 is 0 Å². The number of nitrogens with zero attached hydrogens (tertiary/aromatic N) is 2. The van der Waals surface area contributed by atoms with Crippen LogP contribution in [0.1, 0.15) is 24.4 Å². The fraction of sp³-hybridized carbons (Fsp3) is 0.222. The highest BCUT2D eigenvalue weighted by Crippen LogP contribution is 2.19. The number of hydrogen-bond acceptors (Lipinski definition) is 2. The monoisotopic (exact) mass is 293 g/mol. The average Bonchev–Trinajstić information content (AvgIpc) is 2.86. The summed E-state index contributed by atoms with van der Waals surface area (Å²) in [4.78, 5) is 16.8. The van der Waals surface area contributed by atoms with Crippen LogP contribution in [0.2, 0.25) is 0 Å². The Morgan fingerprint density at radius 2 is 1.82 bits per heavy atom. The van der Waals surface area contributed by atoms with Crippen LogP contribution in [-0.2, 0) is 18.3 Å². The lowest BCUT2D eigenvalue weighted by Gasteiger charge is -2.14. The van der Waals surface area contributed by atoms with Crippen molar-refractivity contribution >= 4 is 16.9 Å². The molecule has 1 heterocycles. The Hall–Kier alpha value is -2.62. The lowest BCUT2D eigenvalue weighted by molar-refractivity contribution is -0.121. The minimum absolute atomic E-state index is 0.00533. The first-order chi connectivity index (χ1) is 10.6. The van der Waals surface area contributed by atoms with Gasteiger partial charge in [-0.3, -0.25) is 4.79 Å². The number of imidazole rings is 1. The fourth-order valence-corrected chi connectivity index (χ4v) is 2.69. The van der Waals surface area contributed by atoms with Gasteiger partial charge < -0.3 is 9.88 Å². The maximum atomic E-state index is 12.2. The van der Waals surface area contributed by atoms with Crippen molar-refractivity contribution in [3.05, 3.63) is 66.0 Å². The minimum atomic E-state index is -0.131. The molecule has 1 amide bonds. The van der Waals surface area contributed by atoms with E-state index in [1.807, 2.05) is 73.1 Å². The van der Waals surface area contributed by atoms with Crippen LogP contribution >= 0.6 is 0 Å². The normalized spacial score (nSPS) is 12.3. The van der Waals surface area contributed by atoms with Gasteiger partial charge in [0.25, 0.3) is 0 Å². The Morgan fingerprint density at radius 3 is 2.55 bits per heavy atom. The largest absolute Gasteiger partial charge is 0.346 e. The molecule has 1 aromatic heterocycles. The molecular weight excluding hydrogens is 274 g/mol. The molecule has 0 aliphatic rings. The smallest absolute Gasteiger partial charge is 0.224 e. The molecular formula is C18H19N3O. The minimum Gasteiger partial charge on any atom is -0.346 e. The van der Waals surface area contributed by atoms with Gasteiger partial charge in [0.2, 0.25) is 5.91 Å². The summed E-state index contributed by atoms with van der Waals surface area (Å²) in [5, 5.41) is 3.02. The summed E-state index contributed by atoms with van der Waals surface area (Å²) in [7, 11) is 1.98. The van der Waals surface area contributed by atoms with Gasteiger partial charge in [-0.2, -0.15) is 0 Å². The van der Waals surface area contributed by atoms with E-state index in [9.17, 15) is 4.79 Å². The first kappa shape index (κ1) is 14.3. The molecule has 1 atom stereocenters. The highest BCUT2D eigenvalue weighted by Gasteiger charge is 2.16. The van der Waals surface area contributed by atoms with Crippen LogP contribution in [0.3, 0.4) is 0 Å². The number of rotatable bonds is 4. The van der Waals surface area contributed by atoms with Gasteiger partial charge in [-0.05, 0) is 24.6 Å². The molecule has 1 N–H and O–H groups in total. The second-order valence-corrected chi connectivity index (χ2v) is 5.47. The molecule has 1 unspecified atom stereocenters. The number of carbonyl (C=O) groups is 1. The number of fused-ring (bicyclic) bond motifs is 1. The maximum Gasteiger partial charge on any atom is 0.224 e. The summed E-state index contributed by atoms with van der Waals surface area (Å²) in [6.07, 6.45) is 0.384. The molecule has 3 aromatic rings. The summed E-state index contributed by atoms with van der Waals surface area (Å²) in [6, 6.07) is 17.6. The standard InChI is InChI=1S/C18H19N3O/c1-13(19-17(22)12-14-8-4-3-5-9-14)18-20-15-10-6-7-11-16(15)21(18)2/h3-11,13H,12H2,1-2H3,(H,19,22). The van der Waals surface area contributed by atoms with Crippen LogP contribution in [0.4, 0.5) is 0 Å². The van der Waals surface area contributed by atoms with Crippen LogP contribution in [0.5, 0.6) is 0 Å². The van der Waals surface area contributed by atoms with Crippen molar-refractivity contribution in [2.75, 3.05) is 0 Å². The van der Waals surface area contributed by atoms with E-state index in [-0.39, 0.29) is 11.9 Å². The first-order valence-corrected chi connectivity index (χ1v) is 7.40. The molecule has 4 nitrogen and oxygen atoms in total. The van der Waals surface area contributed by atoms with E-state index in [0.717, 1.165) is 22.4 Å². The van der Waals surface area contributed by atoms with Crippen molar-refractivity contribution < 1.29 is 4.79 Å². The van der Waals surface area contributed by atoms with Crippen molar-refractivity contribution in [1.82, 2.24) is 14.9 Å². The van der Waals surface area contributed by atoms with Crippen LogP contribution in [-0.4, -0.2) is 15.5 Å². The zero-order valence-corrected chi connectivity index (χ0v) is 12.8. The molecule has 4 heteroatoms. The number of benzene rings is 2. The summed E-state index contributed by atoms with van der Waals surface area (Å²) in [5.41, 5.74) is 3.03. The quantitative estimate of drug-likeness (QED) is 0.804. The van der Waals surface area contributed by atoms with Gasteiger partial charge in [-0.1, -0.05) is 42.5 Å². The Labute approximate surface area is 129 Å².